The summed E-state index contributed by atoms with van der Waals surface area (Å²) < 4.78 is 0. The molecule has 0 aliphatic carbocycles. The third kappa shape index (κ3) is 4.90. The molecule has 4 heteroatoms. The molecule has 0 aliphatic heterocycles. The Morgan fingerprint density at radius 3 is 1.80 bits per heavy atom. The number of hydrogen-bond acceptors (Lipinski definition) is 3. The molecule has 0 bridgehead atoms. The van der Waals surface area contributed by atoms with Gasteiger partial charge in [-0.1, -0.05) is 19.9 Å². The molecule has 0 aromatic heterocycles. The van der Waals surface area contributed by atoms with Crippen molar-refractivity contribution in [2.45, 2.75) is 26.7 Å². The molecule has 4 nitrogen and oxygen atoms in total. The van der Waals surface area contributed by atoms with Gasteiger partial charge >= 0.3 is 5.97 Å². The van der Waals surface area contributed by atoms with Crippen LogP contribution in [0.5, 0.6) is 11.5 Å². The molecule has 0 aliphatic rings. The highest BCUT2D eigenvalue weighted by Crippen LogP contribution is 2.25. The first kappa shape index (κ1) is 13.3. The lowest BCUT2D eigenvalue weighted by Gasteiger charge is -2.01. The highest BCUT2D eigenvalue weighted by atomic mass is 16.4. The van der Waals surface area contributed by atoms with Crippen molar-refractivity contribution >= 4 is 5.97 Å². The number of carboxylic acids is 1. The number of phenols is 2. The van der Waals surface area contributed by atoms with Crippen LogP contribution in [-0.2, 0) is 11.2 Å². The molecule has 0 saturated carbocycles. The fourth-order valence-electron chi connectivity index (χ4n) is 0.925. The third-order valence-electron chi connectivity index (χ3n) is 1.78. The molecule has 0 spiro atoms. The van der Waals surface area contributed by atoms with Crippen LogP contribution >= 0.6 is 0 Å². The maximum absolute atomic E-state index is 9.37. The van der Waals surface area contributed by atoms with Crippen molar-refractivity contribution < 1.29 is 20.1 Å². The summed E-state index contributed by atoms with van der Waals surface area (Å²) in [7, 11) is 0. The number of hydrogen-bond donors (Lipinski definition) is 3. The van der Waals surface area contributed by atoms with E-state index in [0.717, 1.165) is 0 Å². The minimum absolute atomic E-state index is 0.169. The molecular weight excluding hydrogens is 196 g/mol. The van der Waals surface area contributed by atoms with Gasteiger partial charge in [-0.05, 0) is 18.6 Å². The number of phenolic OH excluding ortho intramolecular Hbond substituents is 2. The van der Waals surface area contributed by atoms with Gasteiger partial charge in [0.1, 0.15) is 11.5 Å². The molecular formula is C11H16O4. The standard InChI is InChI=1S/C8H10O2.C3H6O2/c1-2-6-7(9)4-3-5-8(6)10;1-2-3(4)5/h3-5,9-10H,2H2,1H3;2H2,1H3,(H,4,5). The van der Waals surface area contributed by atoms with E-state index in [2.05, 4.69) is 0 Å². The first-order valence-corrected chi connectivity index (χ1v) is 4.74. The first-order valence-electron chi connectivity index (χ1n) is 4.74. The van der Waals surface area contributed by atoms with Crippen molar-refractivity contribution in [3.05, 3.63) is 23.8 Å². The van der Waals surface area contributed by atoms with E-state index in [1.807, 2.05) is 6.92 Å². The van der Waals surface area contributed by atoms with Gasteiger partial charge < -0.3 is 15.3 Å². The highest BCUT2D eigenvalue weighted by molar-refractivity contribution is 5.66. The number of carboxylic acid groups (broad SMARTS) is 1. The fourth-order valence-corrected chi connectivity index (χ4v) is 0.925. The number of benzene rings is 1. The van der Waals surface area contributed by atoms with Gasteiger partial charge in [-0.2, -0.15) is 0 Å². The summed E-state index contributed by atoms with van der Waals surface area (Å²) in [4.78, 5) is 9.37. The second-order valence-electron chi connectivity index (χ2n) is 2.88. The van der Waals surface area contributed by atoms with E-state index in [-0.39, 0.29) is 17.9 Å². The smallest absolute Gasteiger partial charge is 0.303 e. The second kappa shape index (κ2) is 6.70. The predicted molar refractivity (Wildman–Crippen MR) is 57.1 cm³/mol. The van der Waals surface area contributed by atoms with E-state index in [4.69, 9.17) is 15.3 Å². The number of aliphatic carboxylic acids is 1. The number of carbonyl (C=O) groups is 1. The van der Waals surface area contributed by atoms with Crippen LogP contribution in [-0.4, -0.2) is 21.3 Å². The summed E-state index contributed by atoms with van der Waals surface area (Å²) in [6, 6.07) is 4.75. The molecule has 0 heterocycles. The van der Waals surface area contributed by atoms with Crippen molar-refractivity contribution in [1.29, 1.82) is 0 Å². The number of aromatic hydroxyl groups is 2. The van der Waals surface area contributed by atoms with Crippen molar-refractivity contribution in [2.75, 3.05) is 0 Å². The van der Waals surface area contributed by atoms with Crippen LogP contribution in [0.1, 0.15) is 25.8 Å². The molecule has 0 saturated heterocycles. The Labute approximate surface area is 88.8 Å². The molecule has 1 rings (SSSR count). The molecule has 0 fully saturated rings. The zero-order valence-corrected chi connectivity index (χ0v) is 8.90. The SMILES string of the molecule is CCC(=O)O.CCc1c(O)cccc1O. The topological polar surface area (TPSA) is 77.8 Å². The maximum Gasteiger partial charge on any atom is 0.303 e. The van der Waals surface area contributed by atoms with Gasteiger partial charge in [-0.3, -0.25) is 4.79 Å². The van der Waals surface area contributed by atoms with Crippen molar-refractivity contribution in [3.8, 4) is 11.5 Å². The molecule has 0 unspecified atom stereocenters. The summed E-state index contributed by atoms with van der Waals surface area (Å²) in [6.07, 6.45) is 0.874. The molecule has 1 aromatic carbocycles. The molecule has 15 heavy (non-hydrogen) atoms. The van der Waals surface area contributed by atoms with Gasteiger partial charge in [0.15, 0.2) is 0 Å². The predicted octanol–water partition coefficient (Wildman–Crippen LogP) is 2.14. The Hall–Kier alpha value is -1.71. The van der Waals surface area contributed by atoms with Gasteiger partial charge in [0.05, 0.1) is 0 Å². The Kier molecular flexibility index (Phi) is 5.94. The van der Waals surface area contributed by atoms with Gasteiger partial charge in [0.25, 0.3) is 0 Å². The van der Waals surface area contributed by atoms with Crippen LogP contribution in [0.4, 0.5) is 0 Å². The molecule has 3 N–H and O–H groups in total. The maximum atomic E-state index is 9.37. The third-order valence-corrected chi connectivity index (χ3v) is 1.78. The lowest BCUT2D eigenvalue weighted by atomic mass is 10.1. The number of rotatable bonds is 2. The zero-order chi connectivity index (χ0) is 11.8. The van der Waals surface area contributed by atoms with E-state index < -0.39 is 5.97 Å². The van der Waals surface area contributed by atoms with E-state index in [9.17, 15) is 4.79 Å². The summed E-state index contributed by atoms with van der Waals surface area (Å²) in [5.41, 5.74) is 0.613. The Morgan fingerprint density at radius 1 is 1.20 bits per heavy atom. The van der Waals surface area contributed by atoms with Crippen LogP contribution in [0, 0.1) is 0 Å². The minimum Gasteiger partial charge on any atom is -0.508 e. The lowest BCUT2D eigenvalue weighted by molar-refractivity contribution is -0.136. The minimum atomic E-state index is -0.745. The summed E-state index contributed by atoms with van der Waals surface area (Å²) >= 11 is 0. The molecule has 1 aromatic rings. The molecule has 0 atom stereocenters. The van der Waals surface area contributed by atoms with Gasteiger partial charge in [-0.25, -0.2) is 0 Å². The van der Waals surface area contributed by atoms with Gasteiger partial charge in [0, 0.05) is 12.0 Å². The van der Waals surface area contributed by atoms with Crippen molar-refractivity contribution in [2.24, 2.45) is 0 Å². The van der Waals surface area contributed by atoms with Crippen LogP contribution in [0.3, 0.4) is 0 Å². The molecule has 0 radical (unpaired) electrons. The van der Waals surface area contributed by atoms with Crippen LogP contribution < -0.4 is 0 Å². The van der Waals surface area contributed by atoms with Crippen LogP contribution in [0.15, 0.2) is 18.2 Å². The lowest BCUT2D eigenvalue weighted by Crippen LogP contribution is -1.86. The summed E-state index contributed by atoms with van der Waals surface area (Å²) in [5.74, 6) is -0.407. The highest BCUT2D eigenvalue weighted by Gasteiger charge is 2.01. The Balaban J connectivity index is 0.000000336. The molecule has 0 amide bonds. The fraction of sp³-hybridized carbons (Fsp3) is 0.364. The van der Waals surface area contributed by atoms with E-state index in [1.54, 1.807) is 25.1 Å². The van der Waals surface area contributed by atoms with E-state index >= 15 is 0 Å². The average molecular weight is 212 g/mol. The summed E-state index contributed by atoms with van der Waals surface area (Å²) in [5, 5.41) is 26.0. The Bertz CT molecular complexity index is 300. The van der Waals surface area contributed by atoms with Crippen molar-refractivity contribution in [1.82, 2.24) is 0 Å². The first-order chi connectivity index (χ1) is 7.02. The quantitative estimate of drug-likeness (QED) is 0.701. The van der Waals surface area contributed by atoms with Crippen LogP contribution in [0.25, 0.3) is 0 Å². The summed E-state index contributed by atoms with van der Waals surface area (Å²) in [6.45, 7) is 3.48. The van der Waals surface area contributed by atoms with Crippen LogP contribution in [0.2, 0.25) is 0 Å². The normalized spacial score (nSPS) is 8.93. The zero-order valence-electron chi connectivity index (χ0n) is 8.90. The Morgan fingerprint density at radius 2 is 1.60 bits per heavy atom. The monoisotopic (exact) mass is 212 g/mol. The van der Waals surface area contributed by atoms with E-state index in [1.165, 1.54) is 0 Å². The van der Waals surface area contributed by atoms with Gasteiger partial charge in [-0.15, -0.1) is 0 Å². The van der Waals surface area contributed by atoms with Crippen molar-refractivity contribution in [3.63, 3.8) is 0 Å². The average Bonchev–Trinajstić information content (AvgIpc) is 2.19. The largest absolute Gasteiger partial charge is 0.508 e. The van der Waals surface area contributed by atoms with E-state index in [0.29, 0.717) is 12.0 Å². The molecule has 84 valence electrons. The van der Waals surface area contributed by atoms with Gasteiger partial charge in [0.2, 0.25) is 0 Å². The second-order valence-corrected chi connectivity index (χ2v) is 2.88.